The molecule has 0 amide bonds. The van der Waals surface area contributed by atoms with Crippen LogP contribution in [0.5, 0.6) is 0 Å². The first-order chi connectivity index (χ1) is 11.1. The fourth-order valence-electron chi connectivity index (χ4n) is 2.86. The summed E-state index contributed by atoms with van der Waals surface area (Å²) in [7, 11) is 0. The molecule has 4 rings (SSSR count). The summed E-state index contributed by atoms with van der Waals surface area (Å²) >= 11 is 0. The lowest BCUT2D eigenvalue weighted by Crippen LogP contribution is -2.00. The Hall–Kier alpha value is -3.14. The fraction of sp³-hybridized carbons (Fsp3) is 0. The molecule has 1 heterocycles. The SMILES string of the molecule is N=c1ccc2c(-c3cccc(F)c3)c3ccc(N)cc3oc-2c1. The molecule has 23 heavy (non-hydrogen) atoms. The van der Waals surface area contributed by atoms with Gasteiger partial charge in [-0.3, -0.25) is 0 Å². The van der Waals surface area contributed by atoms with Crippen molar-refractivity contribution in [1.29, 1.82) is 5.41 Å². The molecule has 3 nitrogen and oxygen atoms in total. The molecule has 2 aliphatic rings. The molecule has 0 spiro atoms. The summed E-state index contributed by atoms with van der Waals surface area (Å²) in [6, 6.07) is 17.1. The first kappa shape index (κ1) is 13.5. The van der Waals surface area contributed by atoms with Crippen LogP contribution in [0.4, 0.5) is 10.1 Å². The minimum atomic E-state index is -0.294. The lowest BCUT2D eigenvalue weighted by Gasteiger charge is -2.15. The maximum absolute atomic E-state index is 13.7. The van der Waals surface area contributed by atoms with E-state index >= 15 is 0 Å². The van der Waals surface area contributed by atoms with E-state index in [1.54, 1.807) is 30.3 Å². The zero-order chi connectivity index (χ0) is 16.0. The first-order valence-corrected chi connectivity index (χ1v) is 7.18. The molecule has 1 aliphatic heterocycles. The molecular formula is C19H13FN2O. The van der Waals surface area contributed by atoms with Gasteiger partial charge in [-0.25, -0.2) is 4.39 Å². The number of benzene rings is 3. The Bertz CT molecular complexity index is 1070. The molecule has 2 aromatic carbocycles. The van der Waals surface area contributed by atoms with E-state index in [0.717, 1.165) is 22.1 Å². The molecule has 0 saturated heterocycles. The Labute approximate surface area is 131 Å². The normalized spacial score (nSPS) is 11.2. The van der Waals surface area contributed by atoms with E-state index < -0.39 is 0 Å². The zero-order valence-electron chi connectivity index (χ0n) is 12.1. The van der Waals surface area contributed by atoms with E-state index in [1.807, 2.05) is 18.2 Å². The average Bonchev–Trinajstić information content (AvgIpc) is 2.52. The Morgan fingerprint density at radius 3 is 2.65 bits per heavy atom. The topological polar surface area (TPSA) is 63.0 Å². The van der Waals surface area contributed by atoms with Gasteiger partial charge in [-0.1, -0.05) is 12.1 Å². The third-order valence-corrected chi connectivity index (χ3v) is 3.86. The third-order valence-electron chi connectivity index (χ3n) is 3.86. The summed E-state index contributed by atoms with van der Waals surface area (Å²) in [6.45, 7) is 0. The first-order valence-electron chi connectivity index (χ1n) is 7.18. The number of rotatable bonds is 1. The van der Waals surface area contributed by atoms with Gasteiger partial charge < -0.3 is 15.6 Å². The van der Waals surface area contributed by atoms with Gasteiger partial charge in [-0.15, -0.1) is 0 Å². The van der Waals surface area contributed by atoms with E-state index in [4.69, 9.17) is 15.6 Å². The van der Waals surface area contributed by atoms with Gasteiger partial charge in [0.2, 0.25) is 0 Å². The number of hydrogen-bond donors (Lipinski definition) is 2. The maximum atomic E-state index is 13.7. The van der Waals surface area contributed by atoms with Crippen molar-refractivity contribution in [2.24, 2.45) is 0 Å². The molecule has 1 aliphatic carbocycles. The van der Waals surface area contributed by atoms with Crippen LogP contribution in [0.25, 0.3) is 33.4 Å². The van der Waals surface area contributed by atoms with Crippen molar-refractivity contribution in [3.63, 3.8) is 0 Å². The number of hydrogen-bond acceptors (Lipinski definition) is 3. The Kier molecular flexibility index (Phi) is 2.91. The smallest absolute Gasteiger partial charge is 0.137 e. The Morgan fingerprint density at radius 2 is 1.83 bits per heavy atom. The molecule has 0 atom stereocenters. The summed E-state index contributed by atoms with van der Waals surface area (Å²) in [6.07, 6.45) is 0. The standard InChI is InChI=1S/C19H13FN2O/c20-12-3-1-2-11(8-12)19-15-6-4-13(21)9-17(15)23-18-10-14(22)5-7-16(18)19/h1-10,21H,22H2. The van der Waals surface area contributed by atoms with Crippen LogP contribution >= 0.6 is 0 Å². The average molecular weight is 304 g/mol. The van der Waals surface area contributed by atoms with E-state index in [1.165, 1.54) is 12.1 Å². The van der Waals surface area contributed by atoms with Crippen LogP contribution in [-0.4, -0.2) is 0 Å². The van der Waals surface area contributed by atoms with Gasteiger partial charge in [0, 0.05) is 34.3 Å². The van der Waals surface area contributed by atoms with Crippen molar-refractivity contribution < 1.29 is 8.81 Å². The van der Waals surface area contributed by atoms with Crippen molar-refractivity contribution in [2.75, 3.05) is 5.73 Å². The van der Waals surface area contributed by atoms with E-state index in [2.05, 4.69) is 0 Å². The number of nitrogens with two attached hydrogens (primary N) is 1. The molecule has 0 fully saturated rings. The van der Waals surface area contributed by atoms with Gasteiger partial charge in [0.15, 0.2) is 0 Å². The number of nitrogen functional groups attached to an aromatic ring is 1. The van der Waals surface area contributed by atoms with Gasteiger partial charge in [0.1, 0.15) is 17.2 Å². The molecule has 112 valence electrons. The Balaban J connectivity index is 2.20. The van der Waals surface area contributed by atoms with Gasteiger partial charge >= 0.3 is 0 Å². The Morgan fingerprint density at radius 1 is 0.957 bits per heavy atom. The predicted molar refractivity (Wildman–Crippen MR) is 88.5 cm³/mol. The minimum Gasteiger partial charge on any atom is -0.456 e. The van der Waals surface area contributed by atoms with Crippen molar-refractivity contribution in [1.82, 2.24) is 0 Å². The van der Waals surface area contributed by atoms with Crippen molar-refractivity contribution >= 4 is 16.7 Å². The molecule has 3 N–H and O–H groups in total. The summed E-state index contributed by atoms with van der Waals surface area (Å²) in [5, 5.41) is 9.00. The van der Waals surface area contributed by atoms with E-state index in [-0.39, 0.29) is 5.82 Å². The second-order valence-corrected chi connectivity index (χ2v) is 5.45. The molecule has 0 unspecified atom stereocenters. The molecule has 0 saturated carbocycles. The van der Waals surface area contributed by atoms with Crippen LogP contribution in [0.15, 0.2) is 65.1 Å². The molecule has 0 aromatic heterocycles. The monoisotopic (exact) mass is 304 g/mol. The fourth-order valence-corrected chi connectivity index (χ4v) is 2.86. The van der Waals surface area contributed by atoms with Gasteiger partial charge in [-0.2, -0.15) is 0 Å². The number of nitrogens with one attached hydrogen (secondary N) is 1. The van der Waals surface area contributed by atoms with E-state index in [0.29, 0.717) is 22.4 Å². The molecule has 2 aromatic rings. The highest BCUT2D eigenvalue weighted by Crippen LogP contribution is 2.40. The highest BCUT2D eigenvalue weighted by atomic mass is 19.1. The predicted octanol–water partition coefficient (Wildman–Crippen LogP) is 4.41. The lowest BCUT2D eigenvalue weighted by molar-refractivity contribution is 0.618. The lowest BCUT2D eigenvalue weighted by atomic mass is 9.93. The van der Waals surface area contributed by atoms with Crippen LogP contribution < -0.4 is 11.1 Å². The number of halogens is 1. The largest absolute Gasteiger partial charge is 0.456 e. The van der Waals surface area contributed by atoms with Gasteiger partial charge in [-0.05, 0) is 42.0 Å². The van der Waals surface area contributed by atoms with Crippen LogP contribution in [-0.2, 0) is 0 Å². The number of anilines is 1. The maximum Gasteiger partial charge on any atom is 0.137 e. The highest BCUT2D eigenvalue weighted by molar-refractivity contribution is 6.02. The molecule has 4 heteroatoms. The number of fused-ring (bicyclic) bond motifs is 2. The van der Waals surface area contributed by atoms with Crippen LogP contribution in [0.2, 0.25) is 0 Å². The summed E-state index contributed by atoms with van der Waals surface area (Å²) < 4.78 is 19.6. The van der Waals surface area contributed by atoms with Crippen molar-refractivity contribution in [3.05, 3.63) is 71.8 Å². The van der Waals surface area contributed by atoms with E-state index in [9.17, 15) is 4.39 Å². The second kappa shape index (κ2) is 4.95. The zero-order valence-corrected chi connectivity index (χ0v) is 12.1. The molecule has 0 bridgehead atoms. The van der Waals surface area contributed by atoms with Gasteiger partial charge in [0.05, 0.1) is 5.36 Å². The molecular weight excluding hydrogens is 291 g/mol. The highest BCUT2D eigenvalue weighted by Gasteiger charge is 2.17. The minimum absolute atomic E-state index is 0.294. The molecule has 0 radical (unpaired) electrons. The van der Waals surface area contributed by atoms with Gasteiger partial charge in [0.25, 0.3) is 0 Å². The summed E-state index contributed by atoms with van der Waals surface area (Å²) in [4.78, 5) is 0. The van der Waals surface area contributed by atoms with Crippen LogP contribution in [0.1, 0.15) is 0 Å². The van der Waals surface area contributed by atoms with Crippen LogP contribution in [0, 0.1) is 11.2 Å². The second-order valence-electron chi connectivity index (χ2n) is 5.45. The van der Waals surface area contributed by atoms with Crippen LogP contribution in [0.3, 0.4) is 0 Å². The third kappa shape index (κ3) is 2.25. The quantitative estimate of drug-likeness (QED) is 0.404. The summed E-state index contributed by atoms with van der Waals surface area (Å²) in [5.41, 5.74) is 9.53. The van der Waals surface area contributed by atoms with Crippen molar-refractivity contribution in [3.8, 4) is 22.5 Å². The summed E-state index contributed by atoms with van der Waals surface area (Å²) in [5.74, 6) is 0.284. The van der Waals surface area contributed by atoms with Crippen molar-refractivity contribution in [2.45, 2.75) is 0 Å².